The number of aryl methyl sites for hydroxylation is 2. The quantitative estimate of drug-likeness (QED) is 0.904. The Hall–Kier alpha value is -0.710. The maximum absolute atomic E-state index is 10.1. The van der Waals surface area contributed by atoms with Gasteiger partial charge in [-0.05, 0) is 44.2 Å². The van der Waals surface area contributed by atoms with Crippen molar-refractivity contribution in [2.75, 3.05) is 37.7 Å². The van der Waals surface area contributed by atoms with Crippen LogP contribution in [0, 0.1) is 13.8 Å². The number of ether oxygens (including phenoxy) is 1. The van der Waals surface area contributed by atoms with Gasteiger partial charge in [0.2, 0.25) is 0 Å². The topological polar surface area (TPSA) is 32.7 Å². The summed E-state index contributed by atoms with van der Waals surface area (Å²) >= 11 is 2.01. The first kappa shape index (κ1) is 15.7. The van der Waals surface area contributed by atoms with E-state index >= 15 is 0 Å². The maximum atomic E-state index is 10.1. The first-order valence-corrected chi connectivity index (χ1v) is 8.49. The largest absolute Gasteiger partial charge is 0.491 e. The van der Waals surface area contributed by atoms with Crippen molar-refractivity contribution in [1.29, 1.82) is 0 Å². The molecule has 0 bridgehead atoms. The standard InChI is InChI=1S/C16H25NO2S/c1-13-4-5-16(14(2)10-13)19-12-15(18)11-17-6-3-8-20-9-7-17/h4-5,10,15,18H,3,6-9,11-12H2,1-2H3. The molecule has 1 aliphatic rings. The van der Waals surface area contributed by atoms with Crippen LogP contribution >= 0.6 is 11.8 Å². The number of thioether (sulfide) groups is 1. The first-order chi connectivity index (χ1) is 9.65. The van der Waals surface area contributed by atoms with Gasteiger partial charge in [0, 0.05) is 18.8 Å². The van der Waals surface area contributed by atoms with Crippen LogP contribution in [0.1, 0.15) is 17.5 Å². The van der Waals surface area contributed by atoms with Crippen LogP contribution in [0.25, 0.3) is 0 Å². The zero-order chi connectivity index (χ0) is 14.4. The molecule has 4 heteroatoms. The first-order valence-electron chi connectivity index (χ1n) is 7.33. The summed E-state index contributed by atoms with van der Waals surface area (Å²) < 4.78 is 5.74. The van der Waals surface area contributed by atoms with E-state index in [2.05, 4.69) is 17.9 Å². The minimum atomic E-state index is -0.418. The fourth-order valence-corrected chi connectivity index (χ4v) is 3.40. The highest BCUT2D eigenvalue weighted by molar-refractivity contribution is 7.99. The highest BCUT2D eigenvalue weighted by Crippen LogP contribution is 2.19. The van der Waals surface area contributed by atoms with E-state index in [0.29, 0.717) is 13.2 Å². The van der Waals surface area contributed by atoms with Crippen LogP contribution in [0.3, 0.4) is 0 Å². The lowest BCUT2D eigenvalue weighted by Crippen LogP contribution is -2.37. The average Bonchev–Trinajstić information content (AvgIpc) is 2.66. The van der Waals surface area contributed by atoms with Crippen molar-refractivity contribution in [1.82, 2.24) is 4.90 Å². The van der Waals surface area contributed by atoms with Gasteiger partial charge < -0.3 is 9.84 Å². The predicted molar refractivity (Wildman–Crippen MR) is 85.8 cm³/mol. The van der Waals surface area contributed by atoms with Gasteiger partial charge in [-0.25, -0.2) is 0 Å². The predicted octanol–water partition coefficient (Wildman–Crippen LogP) is 2.48. The molecule has 0 saturated carbocycles. The van der Waals surface area contributed by atoms with Gasteiger partial charge in [0.15, 0.2) is 0 Å². The van der Waals surface area contributed by atoms with Crippen LogP contribution in [0.5, 0.6) is 5.75 Å². The zero-order valence-electron chi connectivity index (χ0n) is 12.5. The van der Waals surface area contributed by atoms with Gasteiger partial charge in [-0.2, -0.15) is 11.8 Å². The number of rotatable bonds is 5. The van der Waals surface area contributed by atoms with E-state index in [-0.39, 0.29) is 0 Å². The van der Waals surface area contributed by atoms with Crippen LogP contribution in [0.4, 0.5) is 0 Å². The molecule has 0 aromatic heterocycles. The van der Waals surface area contributed by atoms with E-state index < -0.39 is 6.10 Å². The molecule has 0 amide bonds. The SMILES string of the molecule is Cc1ccc(OCC(O)CN2CCCSCC2)c(C)c1. The molecule has 1 unspecified atom stereocenters. The Kier molecular flexibility index (Phi) is 6.20. The second kappa shape index (κ2) is 7.91. The van der Waals surface area contributed by atoms with Crippen LogP contribution in [-0.2, 0) is 0 Å². The van der Waals surface area contributed by atoms with Crippen molar-refractivity contribution < 1.29 is 9.84 Å². The van der Waals surface area contributed by atoms with E-state index in [1.54, 1.807) is 0 Å². The van der Waals surface area contributed by atoms with Crippen LogP contribution in [0.15, 0.2) is 18.2 Å². The van der Waals surface area contributed by atoms with Crippen molar-refractivity contribution in [3.8, 4) is 5.75 Å². The minimum absolute atomic E-state index is 0.369. The Morgan fingerprint density at radius 3 is 2.95 bits per heavy atom. The third kappa shape index (κ3) is 5.00. The Morgan fingerprint density at radius 2 is 2.15 bits per heavy atom. The van der Waals surface area contributed by atoms with Crippen molar-refractivity contribution in [3.63, 3.8) is 0 Å². The average molecular weight is 295 g/mol. The molecule has 1 aromatic carbocycles. The monoisotopic (exact) mass is 295 g/mol. The number of aliphatic hydroxyl groups excluding tert-OH is 1. The fourth-order valence-electron chi connectivity index (χ4n) is 2.48. The van der Waals surface area contributed by atoms with Gasteiger partial charge >= 0.3 is 0 Å². The van der Waals surface area contributed by atoms with Gasteiger partial charge in [-0.15, -0.1) is 0 Å². The van der Waals surface area contributed by atoms with E-state index in [4.69, 9.17) is 4.74 Å². The molecule has 1 fully saturated rings. The van der Waals surface area contributed by atoms with E-state index in [9.17, 15) is 5.11 Å². The smallest absolute Gasteiger partial charge is 0.122 e. The summed E-state index contributed by atoms with van der Waals surface area (Å²) in [6.45, 7) is 7.36. The maximum Gasteiger partial charge on any atom is 0.122 e. The third-order valence-corrected chi connectivity index (χ3v) is 4.59. The Labute approximate surface area is 126 Å². The number of β-amino-alcohol motifs (C(OH)–C–C–N with tert-alkyl or cyclic N) is 1. The summed E-state index contributed by atoms with van der Waals surface area (Å²) in [6, 6.07) is 6.13. The van der Waals surface area contributed by atoms with E-state index in [1.165, 1.54) is 23.5 Å². The van der Waals surface area contributed by atoms with Gasteiger partial charge in [0.1, 0.15) is 18.5 Å². The summed E-state index contributed by atoms with van der Waals surface area (Å²) in [5.74, 6) is 3.29. The molecule has 1 atom stereocenters. The molecule has 0 spiro atoms. The summed E-state index contributed by atoms with van der Waals surface area (Å²) in [5, 5.41) is 10.1. The van der Waals surface area contributed by atoms with Crippen LogP contribution in [-0.4, -0.2) is 53.9 Å². The molecule has 1 aromatic rings. The molecule has 1 saturated heterocycles. The fraction of sp³-hybridized carbons (Fsp3) is 0.625. The van der Waals surface area contributed by atoms with Crippen molar-refractivity contribution in [3.05, 3.63) is 29.3 Å². The molecule has 2 rings (SSSR count). The second-order valence-corrected chi connectivity index (χ2v) is 6.73. The molecule has 1 aliphatic heterocycles. The van der Waals surface area contributed by atoms with Crippen molar-refractivity contribution in [2.24, 2.45) is 0 Å². The lowest BCUT2D eigenvalue weighted by molar-refractivity contribution is 0.0705. The Balaban J connectivity index is 1.77. The third-order valence-electron chi connectivity index (χ3n) is 3.55. The molecule has 0 radical (unpaired) electrons. The summed E-state index contributed by atoms with van der Waals surface area (Å²) in [4.78, 5) is 2.34. The summed E-state index contributed by atoms with van der Waals surface area (Å²) in [7, 11) is 0. The zero-order valence-corrected chi connectivity index (χ0v) is 13.3. The second-order valence-electron chi connectivity index (χ2n) is 5.50. The van der Waals surface area contributed by atoms with E-state index in [0.717, 1.165) is 24.4 Å². The number of nitrogens with zero attached hydrogens (tertiary/aromatic N) is 1. The molecule has 3 nitrogen and oxygen atoms in total. The van der Waals surface area contributed by atoms with Crippen molar-refractivity contribution >= 4 is 11.8 Å². The van der Waals surface area contributed by atoms with Crippen LogP contribution < -0.4 is 4.74 Å². The highest BCUT2D eigenvalue weighted by Gasteiger charge is 2.14. The highest BCUT2D eigenvalue weighted by atomic mass is 32.2. The lowest BCUT2D eigenvalue weighted by atomic mass is 10.1. The number of hydrogen-bond acceptors (Lipinski definition) is 4. The number of benzene rings is 1. The van der Waals surface area contributed by atoms with Gasteiger partial charge in [-0.3, -0.25) is 4.90 Å². The van der Waals surface area contributed by atoms with E-state index in [1.807, 2.05) is 30.8 Å². The Bertz CT molecular complexity index is 417. The molecular weight excluding hydrogens is 270 g/mol. The number of aliphatic hydroxyl groups is 1. The molecule has 20 heavy (non-hydrogen) atoms. The summed E-state index contributed by atoms with van der Waals surface area (Å²) in [6.07, 6.45) is 0.800. The van der Waals surface area contributed by atoms with Crippen molar-refractivity contribution in [2.45, 2.75) is 26.4 Å². The molecule has 1 heterocycles. The number of hydrogen-bond donors (Lipinski definition) is 1. The summed E-state index contributed by atoms with van der Waals surface area (Å²) in [5.41, 5.74) is 2.36. The molecule has 0 aliphatic carbocycles. The minimum Gasteiger partial charge on any atom is -0.491 e. The Morgan fingerprint density at radius 1 is 1.30 bits per heavy atom. The molecule has 1 N–H and O–H groups in total. The molecular formula is C16H25NO2S. The van der Waals surface area contributed by atoms with Gasteiger partial charge in [-0.1, -0.05) is 17.7 Å². The van der Waals surface area contributed by atoms with Gasteiger partial charge in [0.05, 0.1) is 0 Å². The molecule has 112 valence electrons. The van der Waals surface area contributed by atoms with Gasteiger partial charge in [0.25, 0.3) is 0 Å². The van der Waals surface area contributed by atoms with Crippen LogP contribution in [0.2, 0.25) is 0 Å². The lowest BCUT2D eigenvalue weighted by Gasteiger charge is -2.23. The normalized spacial score (nSPS) is 18.6.